The molecule has 0 aliphatic carbocycles. The Bertz CT molecular complexity index is 798. The average Bonchev–Trinajstić information content (AvgIpc) is 3.15. The van der Waals surface area contributed by atoms with Crippen LogP contribution in [-0.2, 0) is 16.3 Å². The molecule has 0 radical (unpaired) electrons. The van der Waals surface area contributed by atoms with Gasteiger partial charge in [-0.25, -0.2) is 8.42 Å². The minimum Gasteiger partial charge on any atom is -0.384 e. The predicted molar refractivity (Wildman–Crippen MR) is 77.9 cm³/mol. The van der Waals surface area contributed by atoms with E-state index in [1.165, 1.54) is 5.56 Å². The first-order valence-electron chi connectivity index (χ1n) is 7.02. The summed E-state index contributed by atoms with van der Waals surface area (Å²) < 4.78 is 28.4. The van der Waals surface area contributed by atoms with Gasteiger partial charge in [0.1, 0.15) is 0 Å². The molecule has 4 rings (SSSR count). The summed E-state index contributed by atoms with van der Waals surface area (Å²) >= 11 is 0. The van der Waals surface area contributed by atoms with Gasteiger partial charge in [0.15, 0.2) is 15.7 Å². The van der Waals surface area contributed by atoms with E-state index in [0.717, 1.165) is 24.2 Å². The maximum Gasteiger partial charge on any atom is 0.257 e. The van der Waals surface area contributed by atoms with Gasteiger partial charge in [0.2, 0.25) is 0 Å². The van der Waals surface area contributed by atoms with Crippen molar-refractivity contribution >= 4 is 15.5 Å². The number of hydrogen-bond acceptors (Lipinski definition) is 6. The minimum absolute atomic E-state index is 0.125. The lowest BCUT2D eigenvalue weighted by Crippen LogP contribution is -2.05. The minimum atomic E-state index is -2.94. The molecule has 21 heavy (non-hydrogen) atoms. The van der Waals surface area contributed by atoms with Crippen molar-refractivity contribution in [2.24, 2.45) is 0 Å². The van der Waals surface area contributed by atoms with Gasteiger partial charge in [0.25, 0.3) is 5.89 Å². The maximum absolute atomic E-state index is 11.5. The van der Waals surface area contributed by atoms with Crippen LogP contribution in [0.1, 0.15) is 23.7 Å². The summed E-state index contributed by atoms with van der Waals surface area (Å²) in [4.78, 5) is 4.39. The molecule has 1 saturated heterocycles. The molecule has 0 spiro atoms. The van der Waals surface area contributed by atoms with Gasteiger partial charge in [0, 0.05) is 23.7 Å². The molecule has 0 amide bonds. The van der Waals surface area contributed by atoms with Crippen LogP contribution in [0.3, 0.4) is 0 Å². The molecule has 0 bridgehead atoms. The van der Waals surface area contributed by atoms with Gasteiger partial charge in [-0.05, 0) is 36.6 Å². The number of anilines is 1. The first-order chi connectivity index (χ1) is 10.1. The van der Waals surface area contributed by atoms with Crippen molar-refractivity contribution in [2.45, 2.75) is 18.8 Å². The van der Waals surface area contributed by atoms with Gasteiger partial charge in [0.05, 0.1) is 11.5 Å². The number of benzene rings is 1. The van der Waals surface area contributed by atoms with E-state index in [4.69, 9.17) is 4.52 Å². The number of hydrogen-bond donors (Lipinski definition) is 1. The molecule has 1 fully saturated rings. The summed E-state index contributed by atoms with van der Waals surface area (Å²) in [6.45, 7) is 0.952. The highest BCUT2D eigenvalue weighted by atomic mass is 32.2. The van der Waals surface area contributed by atoms with E-state index in [2.05, 4.69) is 21.5 Å². The summed E-state index contributed by atoms with van der Waals surface area (Å²) in [7, 11) is -2.94. The summed E-state index contributed by atoms with van der Waals surface area (Å²) in [6.07, 6.45) is 1.57. The SMILES string of the molecule is O=S1(=O)CCC(c2noc(-c3ccc4c(c3)CCN4)n2)C1. The summed E-state index contributed by atoms with van der Waals surface area (Å²) in [5, 5.41) is 7.27. The van der Waals surface area contributed by atoms with Crippen molar-refractivity contribution in [3.05, 3.63) is 29.6 Å². The Morgan fingerprint density at radius 2 is 2.24 bits per heavy atom. The lowest BCUT2D eigenvalue weighted by atomic mass is 10.1. The van der Waals surface area contributed by atoms with Crippen molar-refractivity contribution in [3.8, 4) is 11.5 Å². The van der Waals surface area contributed by atoms with Crippen LogP contribution >= 0.6 is 0 Å². The molecule has 2 aliphatic heterocycles. The molecule has 1 atom stereocenters. The summed E-state index contributed by atoms with van der Waals surface area (Å²) in [6, 6.07) is 6.01. The molecule has 1 unspecified atom stereocenters. The number of rotatable bonds is 2. The van der Waals surface area contributed by atoms with Crippen LogP contribution in [0, 0.1) is 0 Å². The Balaban J connectivity index is 1.63. The predicted octanol–water partition coefficient (Wildman–Crippen LogP) is 1.61. The number of sulfone groups is 1. The molecule has 3 heterocycles. The molecule has 1 aromatic heterocycles. The molecule has 1 aromatic carbocycles. The third-order valence-corrected chi connectivity index (χ3v) is 5.87. The summed E-state index contributed by atoms with van der Waals surface area (Å²) in [5.74, 6) is 1.17. The fourth-order valence-corrected chi connectivity index (χ4v) is 4.69. The number of nitrogens with zero attached hydrogens (tertiary/aromatic N) is 2. The Morgan fingerprint density at radius 3 is 3.05 bits per heavy atom. The van der Waals surface area contributed by atoms with E-state index in [9.17, 15) is 8.42 Å². The Labute approximate surface area is 122 Å². The molecular formula is C14H15N3O3S. The van der Waals surface area contributed by atoms with E-state index in [-0.39, 0.29) is 17.4 Å². The maximum atomic E-state index is 11.5. The third kappa shape index (κ3) is 2.31. The monoisotopic (exact) mass is 305 g/mol. The fraction of sp³-hybridized carbons (Fsp3) is 0.429. The van der Waals surface area contributed by atoms with Gasteiger partial charge in [-0.15, -0.1) is 0 Å². The zero-order valence-electron chi connectivity index (χ0n) is 11.4. The largest absolute Gasteiger partial charge is 0.384 e. The molecule has 2 aliphatic rings. The number of nitrogens with one attached hydrogen (secondary N) is 1. The van der Waals surface area contributed by atoms with Crippen molar-refractivity contribution in [2.75, 3.05) is 23.4 Å². The van der Waals surface area contributed by atoms with Gasteiger partial charge in [-0.2, -0.15) is 4.98 Å². The second-order valence-electron chi connectivity index (χ2n) is 5.61. The van der Waals surface area contributed by atoms with Crippen LogP contribution in [0.15, 0.2) is 22.7 Å². The second-order valence-corrected chi connectivity index (χ2v) is 7.84. The van der Waals surface area contributed by atoms with E-state index < -0.39 is 9.84 Å². The van der Waals surface area contributed by atoms with Crippen LogP contribution in [0.25, 0.3) is 11.5 Å². The topological polar surface area (TPSA) is 85.1 Å². The average molecular weight is 305 g/mol. The highest BCUT2D eigenvalue weighted by molar-refractivity contribution is 7.91. The number of fused-ring (bicyclic) bond motifs is 1. The van der Waals surface area contributed by atoms with Crippen molar-refractivity contribution in [3.63, 3.8) is 0 Å². The Kier molecular flexibility index (Phi) is 2.78. The molecular weight excluding hydrogens is 290 g/mol. The van der Waals surface area contributed by atoms with Crippen LogP contribution in [0.2, 0.25) is 0 Å². The smallest absolute Gasteiger partial charge is 0.257 e. The molecule has 1 N–H and O–H groups in total. The lowest BCUT2D eigenvalue weighted by molar-refractivity contribution is 0.418. The van der Waals surface area contributed by atoms with Crippen LogP contribution in [0.4, 0.5) is 5.69 Å². The highest BCUT2D eigenvalue weighted by Crippen LogP contribution is 2.31. The first kappa shape index (κ1) is 12.8. The van der Waals surface area contributed by atoms with Crippen LogP contribution in [-0.4, -0.2) is 36.6 Å². The Morgan fingerprint density at radius 1 is 1.33 bits per heavy atom. The molecule has 6 nitrogen and oxygen atoms in total. The zero-order chi connectivity index (χ0) is 14.4. The normalized spacial score (nSPS) is 23.0. The van der Waals surface area contributed by atoms with Crippen molar-refractivity contribution in [1.82, 2.24) is 10.1 Å². The fourth-order valence-electron chi connectivity index (χ4n) is 2.95. The van der Waals surface area contributed by atoms with Gasteiger partial charge >= 0.3 is 0 Å². The Hall–Kier alpha value is -1.89. The van der Waals surface area contributed by atoms with Crippen LogP contribution < -0.4 is 5.32 Å². The van der Waals surface area contributed by atoms with Gasteiger partial charge < -0.3 is 9.84 Å². The summed E-state index contributed by atoms with van der Waals surface area (Å²) in [5.41, 5.74) is 3.29. The highest BCUT2D eigenvalue weighted by Gasteiger charge is 2.32. The second kappa shape index (κ2) is 4.56. The first-order valence-corrected chi connectivity index (χ1v) is 8.84. The lowest BCUT2D eigenvalue weighted by Gasteiger charge is -2.01. The van der Waals surface area contributed by atoms with E-state index in [0.29, 0.717) is 18.1 Å². The molecule has 7 heteroatoms. The standard InChI is InChI=1S/C14H15N3O3S/c18-21(19)6-4-11(8-21)13-16-14(20-17-13)10-1-2-12-9(7-10)3-5-15-12/h1-2,7,11,15H,3-6,8H2. The molecule has 110 valence electrons. The number of aromatic nitrogens is 2. The van der Waals surface area contributed by atoms with E-state index >= 15 is 0 Å². The quantitative estimate of drug-likeness (QED) is 0.907. The van der Waals surface area contributed by atoms with Crippen LogP contribution in [0.5, 0.6) is 0 Å². The van der Waals surface area contributed by atoms with E-state index in [1.54, 1.807) is 0 Å². The van der Waals surface area contributed by atoms with Crippen molar-refractivity contribution in [1.29, 1.82) is 0 Å². The van der Waals surface area contributed by atoms with Gasteiger partial charge in [-0.1, -0.05) is 5.16 Å². The molecule has 0 saturated carbocycles. The zero-order valence-corrected chi connectivity index (χ0v) is 12.2. The molecule has 2 aromatic rings. The third-order valence-electron chi connectivity index (χ3n) is 4.10. The van der Waals surface area contributed by atoms with E-state index in [1.807, 2.05) is 12.1 Å². The van der Waals surface area contributed by atoms with Gasteiger partial charge in [-0.3, -0.25) is 0 Å². The van der Waals surface area contributed by atoms with Crippen molar-refractivity contribution < 1.29 is 12.9 Å².